The van der Waals surface area contributed by atoms with Gasteiger partial charge in [-0.3, -0.25) is 0 Å². The lowest BCUT2D eigenvalue weighted by Gasteiger charge is -2.40. The van der Waals surface area contributed by atoms with E-state index in [9.17, 15) is 20.4 Å². The Bertz CT molecular complexity index is 766. The second-order valence-electron chi connectivity index (χ2n) is 6.94. The highest BCUT2D eigenvalue weighted by Crippen LogP contribution is 2.32. The lowest BCUT2D eigenvalue weighted by molar-refractivity contribution is -0.231. The predicted molar refractivity (Wildman–Crippen MR) is 104 cm³/mol. The van der Waals surface area contributed by atoms with Crippen molar-refractivity contribution in [3.8, 4) is 0 Å². The molecule has 0 saturated carbocycles. The number of ether oxygens (including phenoxy) is 1. The minimum absolute atomic E-state index is 0.411. The normalized spacial score (nSPS) is 27.5. The van der Waals surface area contributed by atoms with Gasteiger partial charge in [0, 0.05) is 13.1 Å². The largest absolute Gasteiger partial charge is 0.394 e. The van der Waals surface area contributed by atoms with E-state index < -0.39 is 37.1 Å². The van der Waals surface area contributed by atoms with E-state index in [1.807, 2.05) is 30.3 Å². The molecule has 7 heteroatoms. The molecule has 1 heterocycles. The molecule has 7 nitrogen and oxygen atoms in total. The van der Waals surface area contributed by atoms with Crippen molar-refractivity contribution in [3.05, 3.63) is 71.3 Å². The monoisotopic (exact) mass is 386 g/mol. The standard InChI is InChI=1S/C21H26N2O5/c22-16(11-23-10-13-4-2-1-3-5-13)14-6-8-15(9-7-14)21-20(27)19(26)18(25)17(12-24)28-21/h1-9,17-27H,10-12H2. The molecule has 1 fully saturated rings. The number of aliphatic hydroxyl groups excluding tert-OH is 4. The Balaban J connectivity index is 1.60. The van der Waals surface area contributed by atoms with Crippen LogP contribution in [-0.2, 0) is 11.3 Å². The molecule has 0 spiro atoms. The third-order valence-electron chi connectivity index (χ3n) is 4.95. The average Bonchev–Trinajstić information content (AvgIpc) is 2.73. The van der Waals surface area contributed by atoms with Crippen LogP contribution in [0, 0.1) is 5.41 Å². The van der Waals surface area contributed by atoms with E-state index in [4.69, 9.17) is 10.1 Å². The minimum atomic E-state index is -1.41. The van der Waals surface area contributed by atoms with Crippen molar-refractivity contribution in [2.24, 2.45) is 0 Å². The predicted octanol–water partition coefficient (Wildman–Crippen LogP) is 0.359. The van der Waals surface area contributed by atoms with Gasteiger partial charge in [-0.05, 0) is 16.7 Å². The van der Waals surface area contributed by atoms with Gasteiger partial charge in [0.2, 0.25) is 0 Å². The maximum Gasteiger partial charge on any atom is 0.113 e. The Kier molecular flexibility index (Phi) is 6.90. The first-order valence-electron chi connectivity index (χ1n) is 9.24. The third-order valence-corrected chi connectivity index (χ3v) is 4.95. The molecule has 0 aliphatic carbocycles. The van der Waals surface area contributed by atoms with Gasteiger partial charge in [0.15, 0.2) is 0 Å². The number of hydrogen-bond donors (Lipinski definition) is 6. The van der Waals surface area contributed by atoms with Crippen LogP contribution >= 0.6 is 0 Å². The van der Waals surface area contributed by atoms with Gasteiger partial charge >= 0.3 is 0 Å². The third kappa shape index (κ3) is 4.64. The Morgan fingerprint density at radius 3 is 2.25 bits per heavy atom. The van der Waals surface area contributed by atoms with Gasteiger partial charge in [-0.1, -0.05) is 54.6 Å². The van der Waals surface area contributed by atoms with E-state index in [1.165, 1.54) is 0 Å². The van der Waals surface area contributed by atoms with Gasteiger partial charge in [-0.2, -0.15) is 0 Å². The van der Waals surface area contributed by atoms with Crippen molar-refractivity contribution >= 4 is 5.71 Å². The topological polar surface area (TPSA) is 126 Å². The molecule has 1 aliphatic rings. The molecule has 5 unspecified atom stereocenters. The molecule has 150 valence electrons. The Morgan fingerprint density at radius 2 is 1.61 bits per heavy atom. The van der Waals surface area contributed by atoms with Crippen LogP contribution in [0.1, 0.15) is 22.8 Å². The maximum atomic E-state index is 10.2. The zero-order chi connectivity index (χ0) is 20.1. The first-order chi connectivity index (χ1) is 13.5. The number of benzene rings is 2. The summed E-state index contributed by atoms with van der Waals surface area (Å²) in [6.45, 7) is 0.623. The van der Waals surface area contributed by atoms with Crippen LogP contribution in [0.2, 0.25) is 0 Å². The minimum Gasteiger partial charge on any atom is -0.394 e. The molecule has 0 amide bonds. The van der Waals surface area contributed by atoms with Crippen molar-refractivity contribution in [1.82, 2.24) is 5.32 Å². The molecule has 2 aromatic carbocycles. The first kappa shape index (κ1) is 20.6. The van der Waals surface area contributed by atoms with Gasteiger partial charge < -0.3 is 35.9 Å². The molecule has 0 radical (unpaired) electrons. The van der Waals surface area contributed by atoms with Gasteiger partial charge in [-0.15, -0.1) is 0 Å². The second kappa shape index (κ2) is 9.38. The summed E-state index contributed by atoms with van der Waals surface area (Å²) in [7, 11) is 0. The molecule has 6 N–H and O–H groups in total. The Morgan fingerprint density at radius 1 is 0.929 bits per heavy atom. The highest BCUT2D eigenvalue weighted by Gasteiger charge is 2.43. The van der Waals surface area contributed by atoms with Crippen LogP contribution in [-0.4, -0.2) is 63.7 Å². The number of nitrogens with one attached hydrogen (secondary N) is 2. The molecule has 1 aliphatic heterocycles. The molecule has 28 heavy (non-hydrogen) atoms. The number of aliphatic hydroxyl groups is 4. The molecular formula is C21H26N2O5. The van der Waals surface area contributed by atoms with Crippen LogP contribution < -0.4 is 5.32 Å². The second-order valence-corrected chi connectivity index (χ2v) is 6.94. The Labute approximate surface area is 163 Å². The maximum absolute atomic E-state index is 10.2. The van der Waals surface area contributed by atoms with E-state index in [2.05, 4.69) is 5.32 Å². The molecule has 1 saturated heterocycles. The fourth-order valence-electron chi connectivity index (χ4n) is 3.28. The van der Waals surface area contributed by atoms with Crippen molar-refractivity contribution in [3.63, 3.8) is 0 Å². The average molecular weight is 386 g/mol. The van der Waals surface area contributed by atoms with E-state index in [0.29, 0.717) is 24.4 Å². The summed E-state index contributed by atoms with van der Waals surface area (Å²) < 4.78 is 5.55. The zero-order valence-electron chi connectivity index (χ0n) is 15.4. The van der Waals surface area contributed by atoms with Crippen LogP contribution in [0.15, 0.2) is 54.6 Å². The summed E-state index contributed by atoms with van der Waals surface area (Å²) in [6, 6.07) is 16.9. The molecule has 0 bridgehead atoms. The van der Waals surface area contributed by atoms with Crippen molar-refractivity contribution in [2.75, 3.05) is 13.2 Å². The van der Waals surface area contributed by atoms with Gasteiger partial charge in [-0.25, -0.2) is 0 Å². The summed E-state index contributed by atoms with van der Waals surface area (Å²) in [6.07, 6.45) is -5.90. The van der Waals surface area contributed by atoms with E-state index >= 15 is 0 Å². The highest BCUT2D eigenvalue weighted by atomic mass is 16.5. The Hall–Kier alpha value is -2.13. The summed E-state index contributed by atoms with van der Waals surface area (Å²) >= 11 is 0. The quantitative estimate of drug-likeness (QED) is 0.382. The SMILES string of the molecule is N=C(CNCc1ccccc1)c1ccc(C2OC(CO)C(O)C(O)C2O)cc1. The van der Waals surface area contributed by atoms with Crippen LogP contribution in [0.25, 0.3) is 0 Å². The molecule has 2 aromatic rings. The number of hydrogen-bond acceptors (Lipinski definition) is 7. The number of rotatable bonds is 7. The van der Waals surface area contributed by atoms with Gasteiger partial charge in [0.1, 0.15) is 30.5 Å². The summed E-state index contributed by atoms with van der Waals surface area (Å²) in [5, 5.41) is 50.8. The highest BCUT2D eigenvalue weighted by molar-refractivity contribution is 5.99. The summed E-state index contributed by atoms with van der Waals surface area (Å²) in [5.41, 5.74) is 2.91. The zero-order valence-corrected chi connectivity index (χ0v) is 15.4. The molecule has 3 rings (SSSR count). The summed E-state index contributed by atoms with van der Waals surface area (Å²) in [5.74, 6) is 0. The van der Waals surface area contributed by atoms with E-state index in [0.717, 1.165) is 11.1 Å². The van der Waals surface area contributed by atoms with Crippen LogP contribution in [0.4, 0.5) is 0 Å². The van der Waals surface area contributed by atoms with Gasteiger partial charge in [0.05, 0.1) is 12.3 Å². The lowest BCUT2D eigenvalue weighted by atomic mass is 9.91. The van der Waals surface area contributed by atoms with Crippen molar-refractivity contribution < 1.29 is 25.2 Å². The van der Waals surface area contributed by atoms with Crippen molar-refractivity contribution in [1.29, 1.82) is 5.41 Å². The fraction of sp³-hybridized carbons (Fsp3) is 0.381. The van der Waals surface area contributed by atoms with Gasteiger partial charge in [0.25, 0.3) is 0 Å². The lowest BCUT2D eigenvalue weighted by Crippen LogP contribution is -2.55. The van der Waals surface area contributed by atoms with E-state index in [1.54, 1.807) is 24.3 Å². The molecule has 5 atom stereocenters. The molecular weight excluding hydrogens is 360 g/mol. The fourth-order valence-corrected chi connectivity index (χ4v) is 3.28. The smallest absolute Gasteiger partial charge is 0.113 e. The summed E-state index contributed by atoms with van der Waals surface area (Å²) in [4.78, 5) is 0. The van der Waals surface area contributed by atoms with E-state index in [-0.39, 0.29) is 0 Å². The van der Waals surface area contributed by atoms with Crippen LogP contribution in [0.3, 0.4) is 0 Å². The molecule has 0 aromatic heterocycles. The first-order valence-corrected chi connectivity index (χ1v) is 9.24. The van der Waals surface area contributed by atoms with Crippen molar-refractivity contribution in [2.45, 2.75) is 37.1 Å². The van der Waals surface area contributed by atoms with Crippen LogP contribution in [0.5, 0.6) is 0 Å².